The summed E-state index contributed by atoms with van der Waals surface area (Å²) in [5.41, 5.74) is 0.481. The fourth-order valence-electron chi connectivity index (χ4n) is 2.05. The average molecular weight is 369 g/mol. The normalized spacial score (nSPS) is 11.2. The van der Waals surface area contributed by atoms with Gasteiger partial charge in [0.2, 0.25) is 0 Å². The molecule has 0 bridgehead atoms. The van der Waals surface area contributed by atoms with Crippen molar-refractivity contribution in [3.8, 4) is 0 Å². The molecule has 0 aliphatic rings. The number of benzene rings is 1. The number of unbranched alkanes of at least 4 members (excludes halogenated alkanes) is 1. The van der Waals surface area contributed by atoms with E-state index in [0.29, 0.717) is 29.6 Å². The zero-order valence-electron chi connectivity index (χ0n) is 15.1. The van der Waals surface area contributed by atoms with Crippen LogP contribution in [0.1, 0.15) is 36.5 Å². The van der Waals surface area contributed by atoms with E-state index in [4.69, 9.17) is 16.3 Å². The molecule has 6 nitrogen and oxygen atoms in total. The number of nitrogens with one attached hydrogen (secondary N) is 3. The summed E-state index contributed by atoms with van der Waals surface area (Å²) in [7, 11) is 1.72. The smallest absolute Gasteiger partial charge is 0.252 e. The van der Waals surface area contributed by atoms with Gasteiger partial charge in [0.05, 0.1) is 10.6 Å². The highest BCUT2D eigenvalue weighted by Crippen LogP contribution is 2.14. The molecular weight excluding hydrogens is 340 g/mol. The Balaban J connectivity index is 2.13. The third-order valence-corrected chi connectivity index (χ3v) is 3.77. The number of rotatable bonds is 11. The van der Waals surface area contributed by atoms with Crippen LogP contribution in [0.5, 0.6) is 0 Å². The summed E-state index contributed by atoms with van der Waals surface area (Å²) < 4.78 is 5.51. The molecule has 0 spiro atoms. The van der Waals surface area contributed by atoms with Gasteiger partial charge in [0.1, 0.15) is 0 Å². The van der Waals surface area contributed by atoms with Crippen molar-refractivity contribution < 1.29 is 9.53 Å². The van der Waals surface area contributed by atoms with E-state index in [2.05, 4.69) is 27.9 Å². The lowest BCUT2D eigenvalue weighted by atomic mass is 10.2. The Hall–Kier alpha value is -1.79. The summed E-state index contributed by atoms with van der Waals surface area (Å²) in [4.78, 5) is 16.2. The van der Waals surface area contributed by atoms with Gasteiger partial charge < -0.3 is 20.7 Å². The quantitative estimate of drug-likeness (QED) is 0.318. The topological polar surface area (TPSA) is 74.8 Å². The van der Waals surface area contributed by atoms with Crippen LogP contribution in [0.4, 0.5) is 0 Å². The molecule has 0 saturated carbocycles. The van der Waals surface area contributed by atoms with E-state index in [9.17, 15) is 4.79 Å². The molecule has 0 atom stereocenters. The SMILES string of the molecule is CCCCOCCCNC(=NC)NCCNC(=O)c1ccccc1Cl. The first kappa shape index (κ1) is 21.3. The van der Waals surface area contributed by atoms with Crippen LogP contribution < -0.4 is 16.0 Å². The minimum atomic E-state index is -0.181. The Labute approximate surface area is 155 Å². The highest BCUT2D eigenvalue weighted by atomic mass is 35.5. The van der Waals surface area contributed by atoms with Gasteiger partial charge in [-0.15, -0.1) is 0 Å². The van der Waals surface area contributed by atoms with Gasteiger partial charge in [-0.25, -0.2) is 0 Å². The summed E-state index contributed by atoms with van der Waals surface area (Å²) in [6.07, 6.45) is 3.19. The van der Waals surface area contributed by atoms with Gasteiger partial charge in [0.25, 0.3) is 5.91 Å². The first-order valence-electron chi connectivity index (χ1n) is 8.74. The molecule has 0 unspecified atom stereocenters. The predicted octanol–water partition coefficient (Wildman–Crippen LogP) is 2.44. The summed E-state index contributed by atoms with van der Waals surface area (Å²) in [6, 6.07) is 6.99. The minimum absolute atomic E-state index is 0.181. The van der Waals surface area contributed by atoms with Crippen molar-refractivity contribution in [2.24, 2.45) is 4.99 Å². The zero-order chi connectivity index (χ0) is 18.3. The Morgan fingerprint density at radius 3 is 2.48 bits per heavy atom. The molecule has 0 aromatic heterocycles. The second-order valence-electron chi connectivity index (χ2n) is 5.48. The van der Waals surface area contributed by atoms with Crippen LogP contribution in [0.3, 0.4) is 0 Å². The third kappa shape index (κ3) is 9.31. The molecule has 3 N–H and O–H groups in total. The summed E-state index contributed by atoms with van der Waals surface area (Å²) in [5.74, 6) is 0.528. The van der Waals surface area contributed by atoms with Gasteiger partial charge in [-0.1, -0.05) is 37.1 Å². The molecule has 140 valence electrons. The standard InChI is InChI=1S/C18H29ClN4O2/c1-3-4-13-25-14-7-10-22-18(20-2)23-12-11-21-17(24)15-8-5-6-9-16(15)19/h5-6,8-9H,3-4,7,10-14H2,1-2H3,(H,21,24)(H2,20,22,23). The van der Waals surface area contributed by atoms with Gasteiger partial charge >= 0.3 is 0 Å². The maximum absolute atomic E-state index is 12.0. The van der Waals surface area contributed by atoms with E-state index in [1.54, 1.807) is 31.3 Å². The molecule has 1 amide bonds. The first-order chi connectivity index (χ1) is 12.2. The number of aliphatic imine (C=N–C) groups is 1. The summed E-state index contributed by atoms with van der Waals surface area (Å²) >= 11 is 6.00. The largest absolute Gasteiger partial charge is 0.381 e. The van der Waals surface area contributed by atoms with Crippen LogP contribution in [0.15, 0.2) is 29.3 Å². The van der Waals surface area contributed by atoms with Crippen LogP contribution >= 0.6 is 11.6 Å². The lowest BCUT2D eigenvalue weighted by molar-refractivity contribution is 0.0954. The Kier molecular flexibility index (Phi) is 11.5. The number of nitrogens with zero attached hydrogens (tertiary/aromatic N) is 1. The predicted molar refractivity (Wildman–Crippen MR) is 103 cm³/mol. The van der Waals surface area contributed by atoms with Gasteiger partial charge in [-0.3, -0.25) is 9.79 Å². The molecule has 0 aliphatic carbocycles. The van der Waals surface area contributed by atoms with Crippen molar-refractivity contribution in [1.82, 2.24) is 16.0 Å². The maximum atomic E-state index is 12.0. The van der Waals surface area contributed by atoms with Gasteiger partial charge in [0, 0.05) is 39.9 Å². The lowest BCUT2D eigenvalue weighted by Gasteiger charge is -2.12. The number of hydrogen-bond acceptors (Lipinski definition) is 3. The average Bonchev–Trinajstić information content (AvgIpc) is 2.62. The van der Waals surface area contributed by atoms with Crippen molar-refractivity contribution >= 4 is 23.5 Å². The van der Waals surface area contributed by atoms with Crippen LogP contribution in [-0.2, 0) is 4.74 Å². The van der Waals surface area contributed by atoms with Crippen molar-refractivity contribution in [2.45, 2.75) is 26.2 Å². The molecule has 1 aromatic rings. The highest BCUT2D eigenvalue weighted by molar-refractivity contribution is 6.33. The van der Waals surface area contributed by atoms with Crippen LogP contribution in [-0.4, -0.2) is 51.8 Å². The molecule has 25 heavy (non-hydrogen) atoms. The third-order valence-electron chi connectivity index (χ3n) is 3.45. The van der Waals surface area contributed by atoms with Crippen molar-refractivity contribution in [2.75, 3.05) is 39.9 Å². The molecule has 0 saturated heterocycles. The molecule has 0 aliphatic heterocycles. The summed E-state index contributed by atoms with van der Waals surface area (Å²) in [5, 5.41) is 9.64. The van der Waals surface area contributed by atoms with E-state index >= 15 is 0 Å². The summed E-state index contributed by atoms with van der Waals surface area (Å²) in [6.45, 7) is 5.56. The minimum Gasteiger partial charge on any atom is -0.381 e. The number of hydrogen-bond donors (Lipinski definition) is 3. The Morgan fingerprint density at radius 2 is 1.76 bits per heavy atom. The fourth-order valence-corrected chi connectivity index (χ4v) is 2.27. The second-order valence-corrected chi connectivity index (χ2v) is 5.89. The maximum Gasteiger partial charge on any atom is 0.252 e. The lowest BCUT2D eigenvalue weighted by Crippen LogP contribution is -2.42. The number of carbonyl (C=O) groups excluding carboxylic acids is 1. The second kappa shape index (κ2) is 13.5. The molecule has 1 rings (SSSR count). The Bertz CT molecular complexity index is 538. The van der Waals surface area contributed by atoms with E-state index in [-0.39, 0.29) is 5.91 Å². The van der Waals surface area contributed by atoms with Crippen LogP contribution in [0, 0.1) is 0 Å². The van der Waals surface area contributed by atoms with E-state index in [0.717, 1.165) is 39.0 Å². The molecule has 0 radical (unpaired) electrons. The molecule has 0 heterocycles. The van der Waals surface area contributed by atoms with Gasteiger partial charge in [-0.05, 0) is 25.0 Å². The number of carbonyl (C=O) groups is 1. The molecule has 1 aromatic carbocycles. The van der Waals surface area contributed by atoms with Crippen molar-refractivity contribution in [3.05, 3.63) is 34.9 Å². The molecular formula is C18H29ClN4O2. The van der Waals surface area contributed by atoms with E-state index in [1.165, 1.54) is 0 Å². The zero-order valence-corrected chi connectivity index (χ0v) is 15.9. The number of amides is 1. The fraction of sp³-hybridized carbons (Fsp3) is 0.556. The number of halogens is 1. The van der Waals surface area contributed by atoms with Gasteiger partial charge in [-0.2, -0.15) is 0 Å². The molecule has 7 heteroatoms. The van der Waals surface area contributed by atoms with E-state index in [1.807, 2.05) is 0 Å². The van der Waals surface area contributed by atoms with Crippen molar-refractivity contribution in [3.63, 3.8) is 0 Å². The highest BCUT2D eigenvalue weighted by Gasteiger charge is 2.08. The monoisotopic (exact) mass is 368 g/mol. The van der Waals surface area contributed by atoms with Crippen molar-refractivity contribution in [1.29, 1.82) is 0 Å². The number of ether oxygens (including phenoxy) is 1. The van der Waals surface area contributed by atoms with Gasteiger partial charge in [0.15, 0.2) is 5.96 Å². The molecule has 0 fully saturated rings. The van der Waals surface area contributed by atoms with Crippen LogP contribution in [0.25, 0.3) is 0 Å². The van der Waals surface area contributed by atoms with Crippen LogP contribution in [0.2, 0.25) is 5.02 Å². The number of guanidine groups is 1. The first-order valence-corrected chi connectivity index (χ1v) is 9.11. The Morgan fingerprint density at radius 1 is 1.08 bits per heavy atom. The van der Waals surface area contributed by atoms with E-state index < -0.39 is 0 Å².